The molecule has 0 amide bonds. The third kappa shape index (κ3) is 10.3. The monoisotopic (exact) mass is 322 g/mol. The minimum atomic E-state index is -0.350. The highest BCUT2D eigenvalue weighted by molar-refractivity contribution is 5.94. The van der Waals surface area contributed by atoms with Gasteiger partial charge in [-0.15, -0.1) is 0 Å². The first kappa shape index (κ1) is 19.9. The average molecular weight is 322 g/mol. The van der Waals surface area contributed by atoms with Crippen molar-refractivity contribution in [2.45, 2.75) is 96.8 Å². The van der Waals surface area contributed by atoms with E-state index in [-0.39, 0.29) is 17.9 Å². The molecule has 1 atom stereocenters. The Bertz CT molecular complexity index is 360. The number of unbranched alkanes of at least 4 members (excludes halogenated alkanes) is 10. The molecule has 1 heterocycles. The van der Waals surface area contributed by atoms with E-state index in [9.17, 15) is 9.59 Å². The molecule has 0 bridgehead atoms. The zero-order chi connectivity index (χ0) is 16.8. The molecule has 1 unspecified atom stereocenters. The van der Waals surface area contributed by atoms with Crippen LogP contribution in [0.15, 0.2) is 12.2 Å². The van der Waals surface area contributed by atoms with Gasteiger partial charge in [0.05, 0.1) is 12.3 Å². The lowest BCUT2D eigenvalue weighted by atomic mass is 9.99. The molecule has 1 saturated heterocycles. The van der Waals surface area contributed by atoms with Crippen LogP contribution in [-0.2, 0) is 14.3 Å². The van der Waals surface area contributed by atoms with Gasteiger partial charge >= 0.3 is 11.9 Å². The van der Waals surface area contributed by atoms with Gasteiger partial charge in [0.2, 0.25) is 0 Å². The molecule has 0 saturated carbocycles. The summed E-state index contributed by atoms with van der Waals surface area (Å²) in [5.41, 5.74) is 0. The van der Waals surface area contributed by atoms with Crippen LogP contribution in [-0.4, -0.2) is 11.9 Å². The van der Waals surface area contributed by atoms with E-state index in [4.69, 9.17) is 0 Å². The van der Waals surface area contributed by atoms with Crippen molar-refractivity contribution in [2.75, 3.05) is 0 Å². The van der Waals surface area contributed by atoms with Crippen LogP contribution in [0, 0.1) is 5.92 Å². The molecule has 3 nitrogen and oxygen atoms in total. The van der Waals surface area contributed by atoms with E-state index in [1.165, 1.54) is 64.2 Å². The maximum absolute atomic E-state index is 11.3. The highest BCUT2D eigenvalue weighted by atomic mass is 16.6. The molecule has 1 aliphatic rings. The molecule has 1 fully saturated rings. The van der Waals surface area contributed by atoms with Gasteiger partial charge in [-0.25, -0.2) is 0 Å². The second kappa shape index (κ2) is 13.3. The molecule has 0 aliphatic carbocycles. The minimum Gasteiger partial charge on any atom is -0.393 e. The van der Waals surface area contributed by atoms with Gasteiger partial charge in [-0.05, 0) is 32.1 Å². The van der Waals surface area contributed by atoms with Crippen LogP contribution in [0.1, 0.15) is 96.8 Å². The molecule has 0 aromatic rings. The number of hydrogen-bond acceptors (Lipinski definition) is 3. The largest absolute Gasteiger partial charge is 0.393 e. The number of carbonyl (C=O) groups excluding carboxylic acids is 2. The second-order valence-electron chi connectivity index (χ2n) is 6.71. The lowest BCUT2D eigenvalue weighted by Crippen LogP contribution is -2.06. The Morgan fingerprint density at radius 2 is 1.43 bits per heavy atom. The van der Waals surface area contributed by atoms with Gasteiger partial charge in [0.15, 0.2) is 0 Å². The van der Waals surface area contributed by atoms with E-state index in [1.807, 2.05) is 0 Å². The summed E-state index contributed by atoms with van der Waals surface area (Å²) in [7, 11) is 0. The van der Waals surface area contributed by atoms with Crippen molar-refractivity contribution in [3.05, 3.63) is 12.2 Å². The van der Waals surface area contributed by atoms with Crippen molar-refractivity contribution in [2.24, 2.45) is 5.92 Å². The third-order valence-corrected chi connectivity index (χ3v) is 4.53. The molecule has 0 aromatic carbocycles. The highest BCUT2D eigenvalue weighted by Crippen LogP contribution is 2.22. The van der Waals surface area contributed by atoms with E-state index in [0.717, 1.165) is 19.3 Å². The maximum Gasteiger partial charge on any atom is 0.317 e. The average Bonchev–Trinajstić information content (AvgIpc) is 2.85. The van der Waals surface area contributed by atoms with Gasteiger partial charge < -0.3 is 4.74 Å². The fourth-order valence-electron chi connectivity index (χ4n) is 3.03. The predicted molar refractivity (Wildman–Crippen MR) is 94.0 cm³/mol. The van der Waals surface area contributed by atoms with Crippen LogP contribution >= 0.6 is 0 Å². The number of rotatable bonds is 14. The number of hydrogen-bond donors (Lipinski definition) is 0. The molecule has 0 spiro atoms. The normalized spacial score (nSPS) is 18.0. The summed E-state index contributed by atoms with van der Waals surface area (Å²) in [4.78, 5) is 22.3. The summed E-state index contributed by atoms with van der Waals surface area (Å²) in [6, 6.07) is 0. The number of ether oxygens (including phenoxy) is 1. The van der Waals surface area contributed by atoms with Crippen molar-refractivity contribution < 1.29 is 14.3 Å². The Morgan fingerprint density at radius 1 is 0.870 bits per heavy atom. The summed E-state index contributed by atoms with van der Waals surface area (Å²) in [5, 5.41) is 0. The maximum atomic E-state index is 11.3. The van der Waals surface area contributed by atoms with E-state index in [1.54, 1.807) is 0 Å². The summed E-state index contributed by atoms with van der Waals surface area (Å²) < 4.78 is 4.56. The fourth-order valence-corrected chi connectivity index (χ4v) is 3.03. The smallest absolute Gasteiger partial charge is 0.317 e. The van der Waals surface area contributed by atoms with Crippen molar-refractivity contribution >= 4 is 11.9 Å². The van der Waals surface area contributed by atoms with E-state index in [0.29, 0.717) is 6.42 Å². The zero-order valence-corrected chi connectivity index (χ0v) is 14.9. The van der Waals surface area contributed by atoms with Gasteiger partial charge in [0, 0.05) is 0 Å². The second-order valence-corrected chi connectivity index (χ2v) is 6.71. The Kier molecular flexibility index (Phi) is 11.5. The molecule has 0 radical (unpaired) electrons. The molecule has 1 aliphatic heterocycles. The Morgan fingerprint density at radius 3 is 2.00 bits per heavy atom. The third-order valence-electron chi connectivity index (χ3n) is 4.53. The van der Waals surface area contributed by atoms with E-state index >= 15 is 0 Å². The molecule has 0 aromatic heterocycles. The Labute approximate surface area is 141 Å². The predicted octanol–water partition coefficient (Wildman–Crippen LogP) is 5.72. The van der Waals surface area contributed by atoms with Gasteiger partial charge in [-0.1, -0.05) is 70.4 Å². The molecule has 1 rings (SSSR count). The van der Waals surface area contributed by atoms with Crippen molar-refractivity contribution in [1.29, 1.82) is 0 Å². The van der Waals surface area contributed by atoms with Crippen LogP contribution < -0.4 is 0 Å². The first-order chi connectivity index (χ1) is 11.2. The molecule has 132 valence electrons. The van der Waals surface area contributed by atoms with Gasteiger partial charge in [0.25, 0.3) is 0 Å². The number of allylic oxidation sites excluding steroid dienone is 2. The van der Waals surface area contributed by atoms with E-state index in [2.05, 4.69) is 23.8 Å². The summed E-state index contributed by atoms with van der Waals surface area (Å²) in [6.07, 6.45) is 20.9. The Hall–Kier alpha value is -1.12. The minimum absolute atomic E-state index is 0.164. The van der Waals surface area contributed by atoms with Crippen molar-refractivity contribution in [3.63, 3.8) is 0 Å². The first-order valence-corrected chi connectivity index (χ1v) is 9.63. The lowest BCUT2D eigenvalue weighted by Gasteiger charge is -2.04. The molecule has 23 heavy (non-hydrogen) atoms. The van der Waals surface area contributed by atoms with Crippen molar-refractivity contribution in [1.82, 2.24) is 0 Å². The van der Waals surface area contributed by atoms with Crippen LogP contribution in [0.3, 0.4) is 0 Å². The molecular formula is C20H34O3. The molecule has 3 heteroatoms. The van der Waals surface area contributed by atoms with Crippen LogP contribution in [0.4, 0.5) is 0 Å². The lowest BCUT2D eigenvalue weighted by molar-refractivity contribution is -0.153. The van der Waals surface area contributed by atoms with Crippen LogP contribution in [0.2, 0.25) is 0 Å². The Balaban J connectivity index is 1.81. The first-order valence-electron chi connectivity index (χ1n) is 9.63. The zero-order valence-electron chi connectivity index (χ0n) is 14.9. The number of carbonyl (C=O) groups is 2. The van der Waals surface area contributed by atoms with E-state index < -0.39 is 0 Å². The number of cyclic esters (lactones) is 2. The molecular weight excluding hydrogens is 288 g/mol. The van der Waals surface area contributed by atoms with Crippen LogP contribution in [0.25, 0.3) is 0 Å². The van der Waals surface area contributed by atoms with Crippen LogP contribution in [0.5, 0.6) is 0 Å². The summed E-state index contributed by atoms with van der Waals surface area (Å²) >= 11 is 0. The van der Waals surface area contributed by atoms with Gasteiger partial charge in [-0.2, -0.15) is 0 Å². The number of esters is 2. The molecule has 0 N–H and O–H groups in total. The topological polar surface area (TPSA) is 43.4 Å². The van der Waals surface area contributed by atoms with Crippen molar-refractivity contribution in [3.8, 4) is 0 Å². The van der Waals surface area contributed by atoms with Gasteiger partial charge in [0.1, 0.15) is 0 Å². The quantitative estimate of drug-likeness (QED) is 0.178. The summed E-state index contributed by atoms with van der Waals surface area (Å²) in [5.74, 6) is -0.824. The summed E-state index contributed by atoms with van der Waals surface area (Å²) in [6.45, 7) is 2.25. The fraction of sp³-hybridized carbons (Fsp3) is 0.800. The SMILES string of the molecule is CCCCCCCC=CCCCCCCCC1CC(=O)OC1=O. The highest BCUT2D eigenvalue weighted by Gasteiger charge is 2.32. The standard InChI is InChI=1S/C20H34O3/c1-2-3-4-5-6-7-8-9-10-11-12-13-14-15-16-18-17-19(21)23-20(18)22/h8-9,18H,2-7,10-17H2,1H3. The van der Waals surface area contributed by atoms with Gasteiger partial charge in [-0.3, -0.25) is 9.59 Å².